The summed E-state index contributed by atoms with van der Waals surface area (Å²) in [5.74, 6) is -0.133. The molecule has 0 aromatic rings. The van der Waals surface area contributed by atoms with Crippen LogP contribution in [0, 0.1) is 0 Å². The SMILES string of the molecule is CC1(C)CC(N2C(=O)CCC2=O)CC(C)(C)N1O.O=C(O)O. The zero-order valence-corrected chi connectivity index (χ0v) is 13.4. The van der Waals surface area contributed by atoms with E-state index in [0.717, 1.165) is 0 Å². The molecule has 2 aliphatic heterocycles. The van der Waals surface area contributed by atoms with E-state index in [2.05, 4.69) is 0 Å². The molecule has 8 heteroatoms. The summed E-state index contributed by atoms with van der Waals surface area (Å²) >= 11 is 0. The van der Waals surface area contributed by atoms with Crippen molar-refractivity contribution >= 4 is 18.0 Å². The van der Waals surface area contributed by atoms with Gasteiger partial charge in [0.15, 0.2) is 0 Å². The lowest BCUT2D eigenvalue weighted by molar-refractivity contribution is -0.250. The minimum Gasteiger partial charge on any atom is -0.450 e. The highest BCUT2D eigenvalue weighted by molar-refractivity contribution is 6.02. The molecule has 2 amide bonds. The molecule has 0 atom stereocenters. The Balaban J connectivity index is 0.000000541. The summed E-state index contributed by atoms with van der Waals surface area (Å²) < 4.78 is 0. The number of likely N-dealkylation sites (tertiary alicyclic amines) is 1. The number of nitrogens with zero attached hydrogens (tertiary/aromatic N) is 2. The number of hydroxylamine groups is 2. The van der Waals surface area contributed by atoms with Gasteiger partial charge in [0.2, 0.25) is 11.8 Å². The van der Waals surface area contributed by atoms with Gasteiger partial charge in [-0.15, -0.1) is 0 Å². The molecule has 2 aliphatic rings. The molecule has 8 nitrogen and oxygen atoms in total. The molecule has 0 saturated carbocycles. The standard InChI is InChI=1S/C13H22N2O3.CH2O3/c1-12(2)7-9(8-13(3,4)15(12)18)14-10(16)5-6-11(14)17;2-1(3)4/h9,18H,5-8H2,1-4H3;(H2,2,3,4). The van der Waals surface area contributed by atoms with Gasteiger partial charge in [0.1, 0.15) is 0 Å². The fourth-order valence-electron chi connectivity index (χ4n) is 3.40. The van der Waals surface area contributed by atoms with Crippen LogP contribution in [0.2, 0.25) is 0 Å². The number of piperidine rings is 1. The van der Waals surface area contributed by atoms with Crippen LogP contribution < -0.4 is 0 Å². The van der Waals surface area contributed by atoms with Gasteiger partial charge in [-0.1, -0.05) is 0 Å². The van der Waals surface area contributed by atoms with E-state index in [9.17, 15) is 14.8 Å². The highest BCUT2D eigenvalue weighted by Crippen LogP contribution is 2.39. The molecule has 0 bridgehead atoms. The third kappa shape index (κ3) is 3.95. The summed E-state index contributed by atoms with van der Waals surface area (Å²) in [6, 6.07) is -0.0964. The Hall–Kier alpha value is -1.67. The van der Waals surface area contributed by atoms with Crippen molar-refractivity contribution in [3.8, 4) is 0 Å². The summed E-state index contributed by atoms with van der Waals surface area (Å²) in [5.41, 5.74) is -0.870. The van der Waals surface area contributed by atoms with E-state index in [0.29, 0.717) is 25.7 Å². The van der Waals surface area contributed by atoms with Crippen molar-refractivity contribution in [1.29, 1.82) is 0 Å². The van der Waals surface area contributed by atoms with E-state index >= 15 is 0 Å². The second kappa shape index (κ2) is 6.21. The zero-order chi connectivity index (χ0) is 17.3. The number of hydrogen-bond acceptors (Lipinski definition) is 5. The first-order valence-corrected chi connectivity index (χ1v) is 7.14. The van der Waals surface area contributed by atoms with Crippen LogP contribution in [0.15, 0.2) is 0 Å². The zero-order valence-electron chi connectivity index (χ0n) is 13.4. The van der Waals surface area contributed by atoms with Gasteiger partial charge >= 0.3 is 6.16 Å². The van der Waals surface area contributed by atoms with Gasteiger partial charge in [-0.05, 0) is 40.5 Å². The Kier molecular flexibility index (Phi) is 5.19. The second-order valence-corrected chi connectivity index (χ2v) is 6.94. The molecular weight excluding hydrogens is 292 g/mol. The first-order valence-electron chi connectivity index (χ1n) is 7.14. The van der Waals surface area contributed by atoms with E-state index in [-0.39, 0.29) is 17.9 Å². The van der Waals surface area contributed by atoms with Crippen LogP contribution in [0.3, 0.4) is 0 Å². The topological polar surface area (TPSA) is 118 Å². The summed E-state index contributed by atoms with van der Waals surface area (Å²) in [4.78, 5) is 33.6. The lowest BCUT2D eigenvalue weighted by Gasteiger charge is -2.52. The average Bonchev–Trinajstić information content (AvgIpc) is 2.64. The molecule has 2 rings (SSSR count). The van der Waals surface area contributed by atoms with Crippen molar-refractivity contribution in [1.82, 2.24) is 9.96 Å². The molecular formula is C14H24N2O6. The predicted octanol–water partition coefficient (Wildman–Crippen LogP) is 1.77. The van der Waals surface area contributed by atoms with Crippen molar-refractivity contribution < 1.29 is 29.8 Å². The van der Waals surface area contributed by atoms with Gasteiger partial charge in [0.25, 0.3) is 0 Å². The molecule has 2 fully saturated rings. The molecule has 126 valence electrons. The average molecular weight is 316 g/mol. The summed E-state index contributed by atoms with van der Waals surface area (Å²) in [7, 11) is 0. The van der Waals surface area contributed by atoms with E-state index in [4.69, 9.17) is 15.0 Å². The maximum atomic E-state index is 11.8. The van der Waals surface area contributed by atoms with Crippen LogP contribution in [0.25, 0.3) is 0 Å². The van der Waals surface area contributed by atoms with Gasteiger partial charge in [0, 0.05) is 30.0 Å². The molecule has 0 unspecified atom stereocenters. The fraction of sp³-hybridized carbons (Fsp3) is 0.786. The second-order valence-electron chi connectivity index (χ2n) is 6.94. The maximum Gasteiger partial charge on any atom is 0.503 e. The van der Waals surface area contributed by atoms with E-state index in [1.165, 1.54) is 9.96 Å². The predicted molar refractivity (Wildman–Crippen MR) is 76.5 cm³/mol. The fourth-order valence-corrected chi connectivity index (χ4v) is 3.40. The van der Waals surface area contributed by atoms with Crippen LogP contribution in [0.4, 0.5) is 4.79 Å². The van der Waals surface area contributed by atoms with Gasteiger partial charge in [-0.2, -0.15) is 5.06 Å². The summed E-state index contributed by atoms with van der Waals surface area (Å²) in [6.45, 7) is 7.75. The normalized spacial score (nSPS) is 24.9. The monoisotopic (exact) mass is 316 g/mol. The molecule has 22 heavy (non-hydrogen) atoms. The maximum absolute atomic E-state index is 11.8. The van der Waals surface area contributed by atoms with Gasteiger partial charge < -0.3 is 15.4 Å². The smallest absolute Gasteiger partial charge is 0.450 e. The van der Waals surface area contributed by atoms with Crippen LogP contribution in [-0.4, -0.2) is 60.5 Å². The number of carbonyl (C=O) groups excluding carboxylic acids is 2. The number of rotatable bonds is 1. The minimum atomic E-state index is -1.83. The minimum absolute atomic E-state index is 0.0667. The molecule has 0 aromatic carbocycles. The summed E-state index contributed by atoms with van der Waals surface area (Å²) in [6.07, 6.45) is 0.0624. The van der Waals surface area contributed by atoms with Crippen molar-refractivity contribution in [3.05, 3.63) is 0 Å². The molecule has 0 aliphatic carbocycles. The highest BCUT2D eigenvalue weighted by Gasteiger charge is 2.49. The molecule has 3 N–H and O–H groups in total. The Morgan fingerprint density at radius 2 is 1.32 bits per heavy atom. The van der Waals surface area contributed by atoms with Crippen molar-refractivity contribution in [2.75, 3.05) is 0 Å². The van der Waals surface area contributed by atoms with Gasteiger partial charge in [-0.3, -0.25) is 14.5 Å². The van der Waals surface area contributed by atoms with Gasteiger partial charge in [-0.25, -0.2) is 4.79 Å². The van der Waals surface area contributed by atoms with E-state index < -0.39 is 17.2 Å². The molecule has 0 radical (unpaired) electrons. The molecule has 0 aromatic heterocycles. The van der Waals surface area contributed by atoms with Crippen LogP contribution >= 0.6 is 0 Å². The highest BCUT2D eigenvalue weighted by atomic mass is 16.6. The third-order valence-electron chi connectivity index (χ3n) is 4.07. The van der Waals surface area contributed by atoms with E-state index in [1.54, 1.807) is 0 Å². The molecule has 2 saturated heterocycles. The summed E-state index contributed by atoms with van der Waals surface area (Å²) in [5, 5.41) is 25.5. The quantitative estimate of drug-likeness (QED) is 0.631. The Labute approximate surface area is 129 Å². The number of carboxylic acid groups (broad SMARTS) is 2. The van der Waals surface area contributed by atoms with E-state index in [1.807, 2.05) is 27.7 Å². The first kappa shape index (κ1) is 18.4. The first-order chi connectivity index (χ1) is 9.88. The van der Waals surface area contributed by atoms with Crippen molar-refractivity contribution in [2.45, 2.75) is 70.5 Å². The lowest BCUT2D eigenvalue weighted by Crippen LogP contribution is -2.63. The Morgan fingerprint density at radius 3 is 1.64 bits per heavy atom. The number of hydrogen-bond donors (Lipinski definition) is 3. The van der Waals surface area contributed by atoms with Crippen molar-refractivity contribution in [3.63, 3.8) is 0 Å². The largest absolute Gasteiger partial charge is 0.503 e. The van der Waals surface area contributed by atoms with Crippen LogP contribution in [0.1, 0.15) is 53.4 Å². The van der Waals surface area contributed by atoms with Gasteiger partial charge in [0.05, 0.1) is 0 Å². The number of imide groups is 1. The molecule has 2 heterocycles. The third-order valence-corrected chi connectivity index (χ3v) is 4.07. The Morgan fingerprint density at radius 1 is 1.00 bits per heavy atom. The van der Waals surface area contributed by atoms with Crippen molar-refractivity contribution in [2.24, 2.45) is 0 Å². The lowest BCUT2D eigenvalue weighted by atomic mass is 9.78. The Bertz CT molecular complexity index is 436. The number of amides is 2. The number of carbonyl (C=O) groups is 3. The molecule has 0 spiro atoms. The van der Waals surface area contributed by atoms with Crippen LogP contribution in [0.5, 0.6) is 0 Å². The van der Waals surface area contributed by atoms with Crippen LogP contribution in [-0.2, 0) is 9.59 Å².